The number of carbonyl (C=O) groups excluding carboxylic acids is 4. The van der Waals surface area contributed by atoms with E-state index in [1.54, 1.807) is 4.90 Å². The third-order valence-electron chi connectivity index (χ3n) is 7.77. The molecular weight excluding hydrogens is 492 g/mol. The molecule has 1 aromatic carbocycles. The van der Waals surface area contributed by atoms with E-state index in [0.717, 1.165) is 6.42 Å². The Morgan fingerprint density at radius 2 is 1.73 bits per heavy atom. The van der Waals surface area contributed by atoms with Gasteiger partial charge in [-0.05, 0) is 54.2 Å². The van der Waals surface area contributed by atoms with E-state index in [0.29, 0.717) is 50.0 Å². The molecule has 3 rings (SSSR count). The minimum absolute atomic E-state index is 0.00117. The van der Waals surface area contributed by atoms with E-state index in [1.807, 2.05) is 30.9 Å². The first-order valence-corrected chi connectivity index (χ1v) is 13.7. The van der Waals surface area contributed by atoms with E-state index in [2.05, 4.69) is 31.3 Å². The Kier molecular flexibility index (Phi) is 9.62. The Morgan fingerprint density at radius 3 is 2.32 bits per heavy atom. The van der Waals surface area contributed by atoms with E-state index < -0.39 is 11.9 Å². The first-order chi connectivity index (χ1) is 17.4. The fraction of sp³-hybridized carbons (Fsp3) is 0.643. The zero-order valence-electron chi connectivity index (χ0n) is 22.5. The first-order valence-electron chi connectivity index (χ1n) is 13.3. The fourth-order valence-corrected chi connectivity index (χ4v) is 5.77. The number of nitrogens with zero attached hydrogens (tertiary/aromatic N) is 2. The van der Waals surface area contributed by atoms with Crippen LogP contribution < -0.4 is 11.1 Å². The molecule has 0 saturated carbocycles. The van der Waals surface area contributed by atoms with Crippen LogP contribution in [-0.4, -0.2) is 65.6 Å². The van der Waals surface area contributed by atoms with Crippen molar-refractivity contribution in [3.8, 4) is 0 Å². The summed E-state index contributed by atoms with van der Waals surface area (Å²) in [6.07, 6.45) is 2.25. The van der Waals surface area contributed by atoms with Crippen molar-refractivity contribution in [3.05, 3.63) is 34.9 Å². The van der Waals surface area contributed by atoms with Crippen LogP contribution in [-0.2, 0) is 19.2 Å². The van der Waals surface area contributed by atoms with Gasteiger partial charge in [-0.15, -0.1) is 0 Å². The summed E-state index contributed by atoms with van der Waals surface area (Å²) < 4.78 is 0. The Hall–Kier alpha value is -2.61. The van der Waals surface area contributed by atoms with Gasteiger partial charge in [-0.1, -0.05) is 51.4 Å². The van der Waals surface area contributed by atoms with Crippen LogP contribution in [0.2, 0.25) is 5.02 Å². The highest BCUT2D eigenvalue weighted by atomic mass is 35.5. The molecule has 0 aromatic heterocycles. The van der Waals surface area contributed by atoms with Gasteiger partial charge in [-0.2, -0.15) is 0 Å². The average molecular weight is 533 g/mol. The van der Waals surface area contributed by atoms with E-state index in [1.165, 1.54) is 5.56 Å². The van der Waals surface area contributed by atoms with Crippen LogP contribution >= 0.6 is 11.6 Å². The molecule has 0 spiro atoms. The van der Waals surface area contributed by atoms with Crippen LogP contribution in [0.3, 0.4) is 0 Å². The third-order valence-corrected chi connectivity index (χ3v) is 8.03. The Morgan fingerprint density at radius 1 is 1.05 bits per heavy atom. The summed E-state index contributed by atoms with van der Waals surface area (Å²) in [5, 5.41) is 3.72. The molecule has 4 amide bonds. The summed E-state index contributed by atoms with van der Waals surface area (Å²) >= 11 is 6.07. The number of benzene rings is 1. The molecule has 204 valence electrons. The van der Waals surface area contributed by atoms with Crippen molar-refractivity contribution < 1.29 is 19.2 Å². The van der Waals surface area contributed by atoms with Crippen molar-refractivity contribution in [3.63, 3.8) is 0 Å². The number of likely N-dealkylation sites (tertiary alicyclic amines) is 2. The second-order valence-corrected chi connectivity index (χ2v) is 12.0. The van der Waals surface area contributed by atoms with Crippen molar-refractivity contribution >= 4 is 35.2 Å². The van der Waals surface area contributed by atoms with Crippen molar-refractivity contribution in [2.75, 3.05) is 26.2 Å². The number of primary amides is 1. The van der Waals surface area contributed by atoms with Gasteiger partial charge in [-0.3, -0.25) is 19.2 Å². The van der Waals surface area contributed by atoms with Crippen LogP contribution in [0.4, 0.5) is 0 Å². The molecule has 2 heterocycles. The maximum absolute atomic E-state index is 13.6. The molecule has 2 fully saturated rings. The Bertz CT molecular complexity index is 994. The molecule has 3 atom stereocenters. The van der Waals surface area contributed by atoms with Crippen LogP contribution in [0.5, 0.6) is 0 Å². The second-order valence-electron chi connectivity index (χ2n) is 11.5. The highest BCUT2D eigenvalue weighted by Crippen LogP contribution is 2.42. The first kappa shape index (κ1) is 29.0. The number of piperidine rings is 2. The fourth-order valence-electron chi connectivity index (χ4n) is 5.65. The monoisotopic (exact) mass is 532 g/mol. The Labute approximate surface area is 225 Å². The molecule has 0 aliphatic carbocycles. The lowest BCUT2D eigenvalue weighted by molar-refractivity contribution is -0.143. The smallest absolute Gasteiger partial charge is 0.245 e. The summed E-state index contributed by atoms with van der Waals surface area (Å²) in [6.45, 7) is 10.3. The maximum Gasteiger partial charge on any atom is 0.245 e. The number of nitrogens with one attached hydrogen (secondary N) is 1. The van der Waals surface area contributed by atoms with Crippen LogP contribution in [0, 0.1) is 17.3 Å². The number of hydrogen-bond donors (Lipinski definition) is 2. The van der Waals surface area contributed by atoms with E-state index in [-0.39, 0.29) is 47.8 Å². The molecule has 1 unspecified atom stereocenters. The molecule has 2 aliphatic rings. The molecule has 2 saturated heterocycles. The SMILES string of the molecule is CC(C)[C@@H](NC(=O)[C@@H]1CCCN(C(=O)CCC(N)=O)C1)C(=O)N1CCC(c2ccc(Cl)cc2)C(C)(C)C1. The lowest BCUT2D eigenvalue weighted by Crippen LogP contribution is -2.57. The highest BCUT2D eigenvalue weighted by molar-refractivity contribution is 6.30. The molecule has 8 nitrogen and oxygen atoms in total. The number of carbonyl (C=O) groups is 4. The Balaban J connectivity index is 1.62. The quantitative estimate of drug-likeness (QED) is 0.534. The van der Waals surface area contributed by atoms with Gasteiger partial charge in [-0.25, -0.2) is 0 Å². The van der Waals surface area contributed by atoms with Crippen molar-refractivity contribution in [1.29, 1.82) is 0 Å². The second kappa shape index (κ2) is 12.3. The minimum Gasteiger partial charge on any atom is -0.370 e. The standard InChI is InChI=1S/C28H41ClN4O4/c1-18(2)25(31-26(36)20-6-5-14-32(16-20)24(35)12-11-23(30)34)27(37)33-15-13-22(28(3,4)17-33)19-7-9-21(29)10-8-19/h7-10,18,20,22,25H,5-6,11-17H2,1-4H3,(H2,30,34)(H,31,36)/t20-,22?,25-/m1/s1. The van der Waals surface area contributed by atoms with Gasteiger partial charge in [0.1, 0.15) is 6.04 Å². The van der Waals surface area contributed by atoms with Crippen molar-refractivity contribution in [2.24, 2.45) is 23.0 Å². The van der Waals surface area contributed by atoms with Gasteiger partial charge in [0.05, 0.1) is 5.92 Å². The van der Waals surface area contributed by atoms with Gasteiger partial charge in [0, 0.05) is 44.0 Å². The lowest BCUT2D eigenvalue weighted by atomic mass is 9.70. The van der Waals surface area contributed by atoms with E-state index >= 15 is 0 Å². The van der Waals surface area contributed by atoms with Gasteiger partial charge in [0.25, 0.3) is 0 Å². The molecular formula is C28H41ClN4O4. The minimum atomic E-state index is -0.628. The number of amides is 4. The summed E-state index contributed by atoms with van der Waals surface area (Å²) in [5.74, 6) is -1.10. The zero-order chi connectivity index (χ0) is 27.3. The van der Waals surface area contributed by atoms with E-state index in [9.17, 15) is 19.2 Å². The van der Waals surface area contributed by atoms with Gasteiger partial charge in [0.15, 0.2) is 0 Å². The van der Waals surface area contributed by atoms with Crippen molar-refractivity contribution in [2.45, 2.75) is 71.8 Å². The predicted molar refractivity (Wildman–Crippen MR) is 144 cm³/mol. The average Bonchev–Trinajstić information content (AvgIpc) is 2.85. The summed E-state index contributed by atoms with van der Waals surface area (Å²) in [7, 11) is 0. The highest BCUT2D eigenvalue weighted by Gasteiger charge is 2.41. The van der Waals surface area contributed by atoms with E-state index in [4.69, 9.17) is 17.3 Å². The summed E-state index contributed by atoms with van der Waals surface area (Å²) in [4.78, 5) is 53.9. The van der Waals surface area contributed by atoms with Crippen LogP contribution in [0.25, 0.3) is 0 Å². The zero-order valence-corrected chi connectivity index (χ0v) is 23.2. The topological polar surface area (TPSA) is 113 Å². The van der Waals surface area contributed by atoms with Crippen LogP contribution in [0.1, 0.15) is 71.3 Å². The molecule has 3 N–H and O–H groups in total. The molecule has 1 aromatic rings. The molecule has 0 bridgehead atoms. The molecule has 2 aliphatic heterocycles. The van der Waals surface area contributed by atoms with Crippen LogP contribution in [0.15, 0.2) is 24.3 Å². The number of nitrogens with two attached hydrogens (primary N) is 1. The van der Waals surface area contributed by atoms with Gasteiger partial charge < -0.3 is 20.9 Å². The number of hydrogen-bond acceptors (Lipinski definition) is 4. The lowest BCUT2D eigenvalue weighted by Gasteiger charge is -2.46. The van der Waals surface area contributed by atoms with Crippen molar-refractivity contribution in [1.82, 2.24) is 15.1 Å². The molecule has 0 radical (unpaired) electrons. The van der Waals surface area contributed by atoms with Gasteiger partial charge >= 0.3 is 0 Å². The number of rotatable bonds is 8. The maximum atomic E-state index is 13.6. The summed E-state index contributed by atoms with van der Waals surface area (Å²) in [6, 6.07) is 7.32. The normalized spacial score (nSPS) is 22.4. The molecule has 37 heavy (non-hydrogen) atoms. The largest absolute Gasteiger partial charge is 0.370 e. The molecule has 9 heteroatoms. The third kappa shape index (κ3) is 7.46. The van der Waals surface area contributed by atoms with Gasteiger partial charge in [0.2, 0.25) is 23.6 Å². The predicted octanol–water partition coefficient (Wildman–Crippen LogP) is 3.33. The number of halogens is 1. The summed E-state index contributed by atoms with van der Waals surface area (Å²) in [5.41, 5.74) is 6.25.